The molecule has 0 aromatic heterocycles. The van der Waals surface area contributed by atoms with Crippen LogP contribution in [0, 0.1) is 5.92 Å². The second-order valence-electron chi connectivity index (χ2n) is 5.68. The van der Waals surface area contributed by atoms with Crippen molar-refractivity contribution in [2.45, 2.75) is 44.8 Å². The molecule has 4 nitrogen and oxygen atoms in total. The maximum Gasteiger partial charge on any atom is 0.410 e. The third-order valence-electron chi connectivity index (χ3n) is 3.11. The van der Waals surface area contributed by atoms with E-state index in [9.17, 15) is 9.90 Å². The smallest absolute Gasteiger partial charge is 0.410 e. The number of nitrogens with zero attached hydrogens (tertiary/aromatic N) is 1. The molecule has 2 fully saturated rings. The number of hydrogen-bond acceptors (Lipinski definition) is 3. The fraction of sp³-hybridized carbons (Fsp3) is 0.909. The van der Waals surface area contributed by atoms with Crippen LogP contribution >= 0.6 is 0 Å². The first-order valence-corrected chi connectivity index (χ1v) is 5.50. The summed E-state index contributed by atoms with van der Waals surface area (Å²) in [6, 6.07) is 0. The molecule has 2 unspecified atom stereocenters. The van der Waals surface area contributed by atoms with Gasteiger partial charge >= 0.3 is 6.09 Å². The van der Waals surface area contributed by atoms with Crippen molar-refractivity contribution < 1.29 is 14.6 Å². The van der Waals surface area contributed by atoms with Crippen LogP contribution in [0.3, 0.4) is 0 Å². The zero-order chi connectivity index (χ0) is 11.3. The molecule has 4 heteroatoms. The van der Waals surface area contributed by atoms with E-state index in [0.29, 0.717) is 19.5 Å². The van der Waals surface area contributed by atoms with E-state index in [1.165, 1.54) is 0 Å². The van der Waals surface area contributed by atoms with Gasteiger partial charge in [-0.15, -0.1) is 0 Å². The molecule has 0 aromatic carbocycles. The number of hydrogen-bond donors (Lipinski definition) is 1. The van der Waals surface area contributed by atoms with Gasteiger partial charge in [-0.1, -0.05) is 0 Å². The van der Waals surface area contributed by atoms with Crippen molar-refractivity contribution in [2.24, 2.45) is 5.92 Å². The van der Waals surface area contributed by atoms with E-state index < -0.39 is 11.2 Å². The fourth-order valence-corrected chi connectivity index (χ4v) is 2.09. The Bertz CT molecular complexity index is 284. The minimum absolute atomic E-state index is 0.253. The van der Waals surface area contributed by atoms with Crippen LogP contribution < -0.4 is 0 Å². The van der Waals surface area contributed by atoms with Crippen LogP contribution in [0.2, 0.25) is 0 Å². The molecule has 15 heavy (non-hydrogen) atoms. The summed E-state index contributed by atoms with van der Waals surface area (Å²) in [7, 11) is 0. The van der Waals surface area contributed by atoms with Gasteiger partial charge in [0.1, 0.15) is 5.60 Å². The Morgan fingerprint density at radius 3 is 2.73 bits per heavy atom. The lowest BCUT2D eigenvalue weighted by molar-refractivity contribution is 0.00737. The highest BCUT2D eigenvalue weighted by molar-refractivity contribution is 5.68. The van der Waals surface area contributed by atoms with Gasteiger partial charge in [0, 0.05) is 19.0 Å². The number of ether oxygens (including phenoxy) is 1. The van der Waals surface area contributed by atoms with Crippen molar-refractivity contribution in [3.05, 3.63) is 0 Å². The third-order valence-corrected chi connectivity index (χ3v) is 3.11. The summed E-state index contributed by atoms with van der Waals surface area (Å²) in [6.45, 7) is 6.85. The predicted octanol–water partition coefficient (Wildman–Crippen LogP) is 1.38. The number of aliphatic hydroxyl groups is 1. The van der Waals surface area contributed by atoms with E-state index in [0.717, 1.165) is 6.42 Å². The van der Waals surface area contributed by atoms with Gasteiger partial charge < -0.3 is 14.7 Å². The van der Waals surface area contributed by atoms with E-state index in [2.05, 4.69) is 0 Å². The number of fused-ring (bicyclic) bond motifs is 1. The SMILES string of the molecule is CC(C)(C)OC(=O)N1CCC2(O)CC2C1. The first-order valence-electron chi connectivity index (χ1n) is 5.50. The average Bonchev–Trinajstić information content (AvgIpc) is 2.71. The zero-order valence-corrected chi connectivity index (χ0v) is 9.62. The Morgan fingerprint density at radius 2 is 2.20 bits per heavy atom. The quantitative estimate of drug-likeness (QED) is 0.661. The van der Waals surface area contributed by atoms with E-state index in [-0.39, 0.29) is 12.0 Å². The van der Waals surface area contributed by atoms with Crippen LogP contribution in [-0.2, 0) is 4.74 Å². The summed E-state index contributed by atoms with van der Waals surface area (Å²) in [5, 5.41) is 9.80. The topological polar surface area (TPSA) is 49.8 Å². The predicted molar refractivity (Wildman–Crippen MR) is 55.5 cm³/mol. The Hall–Kier alpha value is -0.770. The van der Waals surface area contributed by atoms with Crippen molar-refractivity contribution in [1.82, 2.24) is 4.90 Å². The first kappa shape index (κ1) is 10.7. The molecule has 1 aliphatic carbocycles. The zero-order valence-electron chi connectivity index (χ0n) is 9.62. The summed E-state index contributed by atoms with van der Waals surface area (Å²) >= 11 is 0. The molecule has 2 atom stereocenters. The van der Waals surface area contributed by atoms with Gasteiger partial charge in [0.05, 0.1) is 5.60 Å². The highest BCUT2D eigenvalue weighted by Crippen LogP contribution is 2.49. The molecule has 1 aliphatic heterocycles. The minimum atomic E-state index is -0.460. The summed E-state index contributed by atoms with van der Waals surface area (Å²) in [6.07, 6.45) is 1.28. The molecular weight excluding hydrogens is 194 g/mol. The highest BCUT2D eigenvalue weighted by atomic mass is 16.6. The maximum absolute atomic E-state index is 11.7. The second-order valence-corrected chi connectivity index (χ2v) is 5.68. The molecule has 2 aliphatic rings. The molecule has 0 spiro atoms. The van der Waals surface area contributed by atoms with E-state index in [4.69, 9.17) is 4.74 Å². The summed E-state index contributed by atoms with van der Waals surface area (Å²) < 4.78 is 5.28. The monoisotopic (exact) mass is 213 g/mol. The van der Waals surface area contributed by atoms with Gasteiger partial charge in [-0.3, -0.25) is 0 Å². The molecule has 1 N–H and O–H groups in total. The average molecular weight is 213 g/mol. The summed E-state index contributed by atoms with van der Waals surface area (Å²) in [5.41, 5.74) is -0.896. The number of amides is 1. The molecular formula is C11H19NO3. The molecule has 0 bridgehead atoms. The number of carbonyl (C=O) groups excluding carboxylic acids is 1. The van der Waals surface area contributed by atoms with E-state index in [1.54, 1.807) is 4.90 Å². The van der Waals surface area contributed by atoms with Crippen LogP contribution in [-0.4, -0.2) is 40.4 Å². The molecule has 86 valence electrons. The summed E-state index contributed by atoms with van der Waals surface area (Å²) in [5.74, 6) is 0.277. The van der Waals surface area contributed by atoms with Crippen molar-refractivity contribution >= 4 is 6.09 Å². The largest absolute Gasteiger partial charge is 0.444 e. The second kappa shape index (κ2) is 3.11. The normalized spacial score (nSPS) is 34.7. The molecule has 2 rings (SSSR count). The van der Waals surface area contributed by atoms with Crippen LogP contribution in [0.25, 0.3) is 0 Å². The molecule has 1 heterocycles. The first-order chi connectivity index (χ1) is 6.80. The van der Waals surface area contributed by atoms with Crippen molar-refractivity contribution in [3.8, 4) is 0 Å². The van der Waals surface area contributed by atoms with Crippen LogP contribution in [0.1, 0.15) is 33.6 Å². The maximum atomic E-state index is 11.7. The highest BCUT2D eigenvalue weighted by Gasteiger charge is 2.56. The Balaban J connectivity index is 1.88. The van der Waals surface area contributed by atoms with Gasteiger partial charge in [-0.05, 0) is 33.6 Å². The molecule has 1 amide bonds. The van der Waals surface area contributed by atoms with Crippen molar-refractivity contribution in [3.63, 3.8) is 0 Å². The van der Waals surface area contributed by atoms with Crippen LogP contribution in [0.15, 0.2) is 0 Å². The third kappa shape index (κ3) is 2.25. The Morgan fingerprint density at radius 1 is 1.53 bits per heavy atom. The molecule has 1 saturated heterocycles. The van der Waals surface area contributed by atoms with Gasteiger partial charge in [0.2, 0.25) is 0 Å². The number of rotatable bonds is 0. The number of likely N-dealkylation sites (tertiary alicyclic amines) is 1. The Kier molecular flexibility index (Phi) is 2.23. The lowest BCUT2D eigenvalue weighted by Crippen LogP contribution is -2.43. The van der Waals surface area contributed by atoms with Gasteiger partial charge in [-0.25, -0.2) is 4.79 Å². The lowest BCUT2D eigenvalue weighted by atomic mass is 10.1. The molecule has 1 saturated carbocycles. The Labute approximate surface area is 90.2 Å². The van der Waals surface area contributed by atoms with Crippen LogP contribution in [0.4, 0.5) is 4.79 Å². The molecule has 0 aromatic rings. The lowest BCUT2D eigenvalue weighted by Gasteiger charge is -2.31. The van der Waals surface area contributed by atoms with Gasteiger partial charge in [0.15, 0.2) is 0 Å². The van der Waals surface area contributed by atoms with Gasteiger partial charge in [0.25, 0.3) is 0 Å². The summed E-state index contributed by atoms with van der Waals surface area (Å²) in [4.78, 5) is 13.4. The van der Waals surface area contributed by atoms with Crippen LogP contribution in [0.5, 0.6) is 0 Å². The minimum Gasteiger partial charge on any atom is -0.444 e. The molecule has 0 radical (unpaired) electrons. The fourth-order valence-electron chi connectivity index (χ4n) is 2.09. The number of carbonyl (C=O) groups is 1. The van der Waals surface area contributed by atoms with E-state index in [1.807, 2.05) is 20.8 Å². The standard InChI is InChI=1S/C11H19NO3/c1-10(2,3)15-9(13)12-5-4-11(14)6-8(11)7-12/h8,14H,4-7H2,1-3H3. The van der Waals surface area contributed by atoms with Gasteiger partial charge in [-0.2, -0.15) is 0 Å². The van der Waals surface area contributed by atoms with E-state index >= 15 is 0 Å². The van der Waals surface area contributed by atoms with Crippen molar-refractivity contribution in [1.29, 1.82) is 0 Å². The number of piperidine rings is 1. The van der Waals surface area contributed by atoms with Crippen molar-refractivity contribution in [2.75, 3.05) is 13.1 Å².